The molecule has 1 heterocycles. The molecular weight excluding hydrogens is 592 g/mol. The van der Waals surface area contributed by atoms with Crippen LogP contribution < -0.4 is 0 Å². The first-order valence-corrected chi connectivity index (χ1v) is 16.8. The van der Waals surface area contributed by atoms with Crippen LogP contribution in [0.3, 0.4) is 0 Å². The van der Waals surface area contributed by atoms with Crippen molar-refractivity contribution in [2.75, 3.05) is 6.61 Å². The van der Waals surface area contributed by atoms with Crippen molar-refractivity contribution in [1.82, 2.24) is 0 Å². The summed E-state index contributed by atoms with van der Waals surface area (Å²) in [4.78, 5) is 0. The van der Waals surface area contributed by atoms with Crippen molar-refractivity contribution < 1.29 is 33.5 Å². The molecule has 4 aromatic rings. The van der Waals surface area contributed by atoms with Crippen molar-refractivity contribution in [3.63, 3.8) is 0 Å². The first-order valence-electron chi connectivity index (χ1n) is 16.8. The Morgan fingerprint density at radius 2 is 0.957 bits per heavy atom. The van der Waals surface area contributed by atoms with E-state index < -0.39 is 36.5 Å². The van der Waals surface area contributed by atoms with Crippen LogP contribution >= 0.6 is 0 Å². The first kappa shape index (κ1) is 33.5. The third kappa shape index (κ3) is 9.81. The summed E-state index contributed by atoms with van der Waals surface area (Å²) in [6.45, 7) is 1.68. The maximum Gasteiger partial charge on any atom is 0.190 e. The van der Waals surface area contributed by atoms with Crippen molar-refractivity contribution in [1.29, 1.82) is 0 Å². The van der Waals surface area contributed by atoms with Crippen molar-refractivity contribution in [3.05, 3.63) is 144 Å². The predicted molar refractivity (Wildman–Crippen MR) is 179 cm³/mol. The molecule has 0 spiro atoms. The van der Waals surface area contributed by atoms with Crippen molar-refractivity contribution in [2.45, 2.75) is 95.0 Å². The SMILES string of the molecule is OC1(O[C@H]2O[C@H](COCc3ccccc3)[C@@H](OCc3ccccc3)[C@H](OCc3ccccc3)[C@@H]2OCc2ccccc2)CCCCC1. The Kier molecular flexibility index (Phi) is 12.2. The monoisotopic (exact) mass is 638 g/mol. The largest absolute Gasteiger partial charge is 0.374 e. The van der Waals surface area contributed by atoms with Gasteiger partial charge in [0.05, 0.1) is 33.0 Å². The number of ether oxygens (including phenoxy) is 6. The van der Waals surface area contributed by atoms with Gasteiger partial charge in [-0.2, -0.15) is 0 Å². The number of aliphatic hydroxyl groups is 1. The summed E-state index contributed by atoms with van der Waals surface area (Å²) in [5.74, 6) is -1.31. The summed E-state index contributed by atoms with van der Waals surface area (Å²) in [7, 11) is 0. The standard InChI is InChI=1S/C40H46O7/c41-40(24-14-5-15-25-40)47-39-38(45-29-34-22-12-4-13-23-34)37(44-28-33-20-10-3-11-21-33)36(43-27-32-18-8-2-9-19-32)35(46-39)30-42-26-31-16-6-1-7-17-31/h1-4,6-13,16-23,35-39,41H,5,14-15,24-30H2/t35-,36-,37+,38+,39-/m1/s1. The molecule has 5 atom stereocenters. The van der Waals surface area contributed by atoms with Gasteiger partial charge in [0.1, 0.15) is 24.4 Å². The second-order valence-electron chi connectivity index (χ2n) is 12.5. The average molecular weight is 639 g/mol. The van der Waals surface area contributed by atoms with Crippen LogP contribution in [-0.4, -0.2) is 48.2 Å². The van der Waals surface area contributed by atoms with E-state index in [1.165, 1.54) is 0 Å². The van der Waals surface area contributed by atoms with E-state index in [2.05, 4.69) is 0 Å². The Morgan fingerprint density at radius 1 is 0.532 bits per heavy atom. The van der Waals surface area contributed by atoms with E-state index in [-0.39, 0.29) is 6.61 Å². The molecule has 248 valence electrons. The number of rotatable bonds is 15. The van der Waals surface area contributed by atoms with Crippen LogP contribution in [0.4, 0.5) is 0 Å². The highest BCUT2D eigenvalue weighted by Crippen LogP contribution is 2.37. The van der Waals surface area contributed by atoms with Crippen molar-refractivity contribution in [3.8, 4) is 0 Å². The molecule has 6 rings (SSSR count). The lowest BCUT2D eigenvalue weighted by Crippen LogP contribution is -2.63. The molecule has 1 N–H and O–H groups in total. The highest BCUT2D eigenvalue weighted by molar-refractivity contribution is 5.16. The van der Waals surface area contributed by atoms with Crippen molar-refractivity contribution in [2.24, 2.45) is 0 Å². The average Bonchev–Trinajstić information content (AvgIpc) is 3.12. The number of benzene rings is 4. The van der Waals surface area contributed by atoms with Crippen LogP contribution in [-0.2, 0) is 54.8 Å². The summed E-state index contributed by atoms with van der Waals surface area (Å²) >= 11 is 0. The molecule has 1 saturated heterocycles. The summed E-state index contributed by atoms with van der Waals surface area (Å²) in [6, 6.07) is 40.2. The fourth-order valence-electron chi connectivity index (χ4n) is 6.28. The molecule has 47 heavy (non-hydrogen) atoms. The fourth-order valence-corrected chi connectivity index (χ4v) is 6.28. The van der Waals surface area contributed by atoms with E-state index in [0.717, 1.165) is 41.5 Å². The van der Waals surface area contributed by atoms with Gasteiger partial charge in [0.25, 0.3) is 0 Å². The molecule has 1 saturated carbocycles. The molecule has 4 aromatic carbocycles. The van der Waals surface area contributed by atoms with Gasteiger partial charge in [-0.15, -0.1) is 0 Å². The highest BCUT2D eigenvalue weighted by Gasteiger charge is 2.51. The van der Waals surface area contributed by atoms with Gasteiger partial charge in [0, 0.05) is 12.8 Å². The molecule has 2 fully saturated rings. The fraction of sp³-hybridized carbons (Fsp3) is 0.400. The van der Waals surface area contributed by atoms with Gasteiger partial charge in [-0.25, -0.2) is 0 Å². The highest BCUT2D eigenvalue weighted by atomic mass is 16.8. The Hall–Kier alpha value is -3.40. The second kappa shape index (κ2) is 17.1. The molecule has 0 aromatic heterocycles. The van der Waals surface area contributed by atoms with E-state index >= 15 is 0 Å². The molecule has 7 heteroatoms. The Labute approximate surface area is 278 Å². The molecule has 0 bridgehead atoms. The van der Waals surface area contributed by atoms with Gasteiger partial charge in [-0.05, 0) is 35.1 Å². The zero-order valence-electron chi connectivity index (χ0n) is 26.9. The van der Waals surface area contributed by atoms with E-state index in [4.69, 9.17) is 28.4 Å². The Bertz CT molecular complexity index is 1430. The smallest absolute Gasteiger partial charge is 0.190 e. The molecule has 7 nitrogen and oxygen atoms in total. The van der Waals surface area contributed by atoms with Gasteiger partial charge < -0.3 is 33.5 Å². The van der Waals surface area contributed by atoms with Crippen molar-refractivity contribution >= 4 is 0 Å². The van der Waals surface area contributed by atoms with Crippen LogP contribution in [0.25, 0.3) is 0 Å². The van der Waals surface area contributed by atoms with E-state index in [1.54, 1.807) is 0 Å². The minimum atomic E-state index is -1.31. The lowest BCUT2D eigenvalue weighted by molar-refractivity contribution is -0.380. The van der Waals surface area contributed by atoms with E-state index in [0.29, 0.717) is 39.3 Å². The van der Waals surface area contributed by atoms with Gasteiger partial charge in [-0.3, -0.25) is 0 Å². The van der Waals surface area contributed by atoms with Crippen LogP contribution in [0.1, 0.15) is 54.4 Å². The molecule has 0 radical (unpaired) electrons. The van der Waals surface area contributed by atoms with E-state index in [9.17, 15) is 5.11 Å². The summed E-state index contributed by atoms with van der Waals surface area (Å²) in [5, 5.41) is 11.6. The molecule has 0 amide bonds. The van der Waals surface area contributed by atoms with Gasteiger partial charge >= 0.3 is 0 Å². The second-order valence-corrected chi connectivity index (χ2v) is 12.5. The quantitative estimate of drug-likeness (QED) is 0.137. The minimum Gasteiger partial charge on any atom is -0.374 e. The van der Waals surface area contributed by atoms with Gasteiger partial charge in [-0.1, -0.05) is 128 Å². The zero-order chi connectivity index (χ0) is 32.2. The lowest BCUT2D eigenvalue weighted by Gasteiger charge is -2.48. The van der Waals surface area contributed by atoms with Crippen LogP contribution in [0.5, 0.6) is 0 Å². The van der Waals surface area contributed by atoms with Crippen LogP contribution in [0.15, 0.2) is 121 Å². The van der Waals surface area contributed by atoms with Gasteiger partial charge in [0.15, 0.2) is 12.1 Å². The molecular formula is C40H46O7. The molecule has 1 aliphatic carbocycles. The van der Waals surface area contributed by atoms with Crippen LogP contribution in [0.2, 0.25) is 0 Å². The topological polar surface area (TPSA) is 75.6 Å². The first-order chi connectivity index (χ1) is 23.2. The molecule has 2 aliphatic rings. The zero-order valence-corrected chi connectivity index (χ0v) is 26.9. The number of hydrogen-bond acceptors (Lipinski definition) is 7. The third-order valence-corrected chi connectivity index (χ3v) is 8.81. The number of hydrogen-bond donors (Lipinski definition) is 1. The Morgan fingerprint density at radius 3 is 1.45 bits per heavy atom. The minimum absolute atomic E-state index is 0.239. The maximum absolute atomic E-state index is 11.6. The predicted octanol–water partition coefficient (Wildman–Crippen LogP) is 7.35. The molecule has 0 unspecified atom stereocenters. The van der Waals surface area contributed by atoms with E-state index in [1.807, 2.05) is 121 Å². The molecule has 1 aliphatic heterocycles. The Balaban J connectivity index is 1.31. The lowest BCUT2D eigenvalue weighted by atomic mass is 9.93. The van der Waals surface area contributed by atoms with Gasteiger partial charge in [0.2, 0.25) is 0 Å². The third-order valence-electron chi connectivity index (χ3n) is 8.81. The summed E-state index contributed by atoms with van der Waals surface area (Å²) in [6.07, 6.45) is 0.596. The summed E-state index contributed by atoms with van der Waals surface area (Å²) < 4.78 is 39.7. The normalized spacial score (nSPS) is 24.1. The maximum atomic E-state index is 11.6. The summed E-state index contributed by atoms with van der Waals surface area (Å²) in [5.41, 5.74) is 4.15. The van der Waals surface area contributed by atoms with Crippen LogP contribution in [0, 0.1) is 0 Å².